The van der Waals surface area contributed by atoms with Gasteiger partial charge in [-0.25, -0.2) is 4.39 Å². The van der Waals surface area contributed by atoms with Crippen molar-refractivity contribution < 1.29 is 9.13 Å². The highest BCUT2D eigenvalue weighted by Gasteiger charge is 2.07. The number of hydrogen-bond acceptors (Lipinski definition) is 3. The maximum atomic E-state index is 13.4. The molecule has 5 heteroatoms. The predicted molar refractivity (Wildman–Crippen MR) is 58.4 cm³/mol. The molecule has 0 aliphatic carbocycles. The summed E-state index contributed by atoms with van der Waals surface area (Å²) in [5.74, 6) is 0.0843. The first-order valence-electron chi connectivity index (χ1n) is 4.82. The van der Waals surface area contributed by atoms with Crippen molar-refractivity contribution in [1.82, 2.24) is 9.78 Å². The van der Waals surface area contributed by atoms with Crippen LogP contribution < -0.4 is 10.5 Å². The van der Waals surface area contributed by atoms with Gasteiger partial charge < -0.3 is 10.5 Å². The van der Waals surface area contributed by atoms with Crippen LogP contribution in [-0.2, 0) is 13.7 Å². The maximum absolute atomic E-state index is 13.4. The quantitative estimate of drug-likeness (QED) is 0.803. The third-order valence-electron chi connectivity index (χ3n) is 2.21. The molecule has 0 unspecified atom stereocenters. The molecule has 0 saturated heterocycles. The molecule has 1 aromatic carbocycles. The van der Waals surface area contributed by atoms with E-state index in [1.54, 1.807) is 36.1 Å². The Bertz CT molecular complexity index is 475. The lowest BCUT2D eigenvalue weighted by molar-refractivity contribution is 0.286. The van der Waals surface area contributed by atoms with Gasteiger partial charge in [-0.15, -0.1) is 5.10 Å². The predicted octanol–water partition coefficient (Wildman–Crippen LogP) is 1.72. The minimum atomic E-state index is -0.365. The molecular weight excluding hydrogens is 209 g/mol. The van der Waals surface area contributed by atoms with Crippen LogP contribution in [0.25, 0.3) is 0 Å². The third-order valence-corrected chi connectivity index (χ3v) is 2.21. The van der Waals surface area contributed by atoms with Crippen LogP contribution in [0.5, 0.6) is 5.88 Å². The third kappa shape index (κ3) is 2.13. The largest absolute Gasteiger partial charge is 0.472 e. The van der Waals surface area contributed by atoms with Gasteiger partial charge in [-0.05, 0) is 12.1 Å². The Morgan fingerprint density at radius 2 is 2.25 bits per heavy atom. The number of nitrogen functional groups attached to an aromatic ring is 1. The lowest BCUT2D eigenvalue weighted by atomic mass is 10.2. The molecule has 1 heterocycles. The van der Waals surface area contributed by atoms with E-state index in [0.717, 1.165) is 0 Å². The van der Waals surface area contributed by atoms with Crippen LogP contribution >= 0.6 is 0 Å². The number of hydrogen-bond donors (Lipinski definition) is 1. The zero-order valence-corrected chi connectivity index (χ0v) is 8.85. The van der Waals surface area contributed by atoms with Crippen molar-refractivity contribution in [2.24, 2.45) is 7.05 Å². The minimum Gasteiger partial charge on any atom is -0.472 e. The van der Waals surface area contributed by atoms with Gasteiger partial charge in [0.15, 0.2) is 0 Å². The summed E-state index contributed by atoms with van der Waals surface area (Å²) in [5.41, 5.74) is 6.39. The Labute approximate surface area is 92.4 Å². The van der Waals surface area contributed by atoms with E-state index in [4.69, 9.17) is 10.5 Å². The van der Waals surface area contributed by atoms with Crippen molar-refractivity contribution in [2.75, 3.05) is 5.73 Å². The summed E-state index contributed by atoms with van der Waals surface area (Å²) in [6.45, 7) is 0.0789. The van der Waals surface area contributed by atoms with Crippen molar-refractivity contribution >= 4 is 5.69 Å². The highest BCUT2D eigenvalue weighted by molar-refractivity contribution is 5.46. The molecule has 1 aromatic heterocycles. The number of aromatic nitrogens is 2. The van der Waals surface area contributed by atoms with Gasteiger partial charge in [-0.3, -0.25) is 4.68 Å². The highest BCUT2D eigenvalue weighted by Crippen LogP contribution is 2.17. The molecule has 2 N–H and O–H groups in total. The van der Waals surface area contributed by atoms with Crippen molar-refractivity contribution in [3.63, 3.8) is 0 Å². The fraction of sp³-hybridized carbons (Fsp3) is 0.182. The second kappa shape index (κ2) is 4.22. The van der Waals surface area contributed by atoms with Gasteiger partial charge in [0.05, 0.1) is 0 Å². The number of nitrogens with two attached hydrogens (primary N) is 1. The molecule has 0 aliphatic rings. The monoisotopic (exact) mass is 221 g/mol. The Morgan fingerprint density at radius 3 is 2.88 bits per heavy atom. The SMILES string of the molecule is Cn1ccc(OCc2c(N)cccc2F)n1. The van der Waals surface area contributed by atoms with Gasteiger partial charge in [0.2, 0.25) is 5.88 Å². The number of nitrogens with zero attached hydrogens (tertiary/aromatic N) is 2. The minimum absolute atomic E-state index is 0.0789. The Kier molecular flexibility index (Phi) is 2.76. The van der Waals surface area contributed by atoms with Gasteiger partial charge in [0.1, 0.15) is 12.4 Å². The zero-order valence-electron chi connectivity index (χ0n) is 8.85. The normalized spacial score (nSPS) is 10.4. The van der Waals surface area contributed by atoms with Crippen molar-refractivity contribution in [1.29, 1.82) is 0 Å². The molecule has 0 aliphatic heterocycles. The molecule has 0 spiro atoms. The summed E-state index contributed by atoms with van der Waals surface area (Å²) in [7, 11) is 1.78. The first-order chi connectivity index (χ1) is 7.66. The average molecular weight is 221 g/mol. The molecule has 0 fully saturated rings. The summed E-state index contributed by atoms with van der Waals surface area (Å²) >= 11 is 0. The van der Waals surface area contributed by atoms with Gasteiger partial charge >= 0.3 is 0 Å². The van der Waals surface area contributed by atoms with Gasteiger partial charge in [-0.1, -0.05) is 6.07 Å². The number of benzene rings is 1. The molecule has 2 aromatic rings. The van der Waals surface area contributed by atoms with Crippen LogP contribution in [0.1, 0.15) is 5.56 Å². The van der Waals surface area contributed by atoms with E-state index in [0.29, 0.717) is 17.1 Å². The van der Waals surface area contributed by atoms with Gasteiger partial charge in [-0.2, -0.15) is 0 Å². The molecule has 0 amide bonds. The van der Waals surface area contributed by atoms with Crippen LogP contribution in [0.2, 0.25) is 0 Å². The van der Waals surface area contributed by atoms with E-state index in [1.807, 2.05) is 0 Å². The number of halogens is 1. The average Bonchev–Trinajstić information content (AvgIpc) is 2.63. The van der Waals surface area contributed by atoms with Crippen LogP contribution in [0.4, 0.5) is 10.1 Å². The van der Waals surface area contributed by atoms with Crippen LogP contribution in [0.3, 0.4) is 0 Å². The molecule has 0 saturated carbocycles. The first kappa shape index (κ1) is 10.5. The van der Waals surface area contributed by atoms with E-state index in [9.17, 15) is 4.39 Å². The van der Waals surface area contributed by atoms with Crippen LogP contribution in [0.15, 0.2) is 30.5 Å². The summed E-state index contributed by atoms with van der Waals surface area (Å²) < 4.78 is 20.3. The van der Waals surface area contributed by atoms with Crippen LogP contribution in [-0.4, -0.2) is 9.78 Å². The molecule has 84 valence electrons. The highest BCUT2D eigenvalue weighted by atomic mass is 19.1. The fourth-order valence-corrected chi connectivity index (χ4v) is 1.34. The maximum Gasteiger partial charge on any atom is 0.233 e. The standard InChI is InChI=1S/C11H12FN3O/c1-15-6-5-11(14-15)16-7-8-9(12)3-2-4-10(8)13/h2-6H,7,13H2,1H3. The number of aryl methyl sites for hydroxylation is 1. The summed E-state index contributed by atoms with van der Waals surface area (Å²) in [6.07, 6.45) is 1.75. The van der Waals surface area contributed by atoms with Crippen molar-refractivity contribution in [3.8, 4) is 5.88 Å². The Hall–Kier alpha value is -2.04. The Morgan fingerprint density at radius 1 is 1.44 bits per heavy atom. The summed E-state index contributed by atoms with van der Waals surface area (Å²) in [5, 5.41) is 4.02. The lowest BCUT2D eigenvalue weighted by Crippen LogP contribution is -2.03. The number of ether oxygens (including phenoxy) is 1. The summed E-state index contributed by atoms with van der Waals surface area (Å²) in [6, 6.07) is 6.26. The molecule has 0 bridgehead atoms. The van der Waals surface area contributed by atoms with Gasteiger partial charge in [0.25, 0.3) is 0 Å². The molecule has 4 nitrogen and oxygen atoms in total. The Balaban J connectivity index is 2.10. The van der Waals surface area contributed by atoms with Crippen molar-refractivity contribution in [2.45, 2.75) is 6.61 Å². The molecule has 2 rings (SSSR count). The smallest absolute Gasteiger partial charge is 0.233 e. The number of rotatable bonds is 3. The van der Waals surface area contributed by atoms with Gasteiger partial charge in [0, 0.05) is 30.6 Å². The summed E-state index contributed by atoms with van der Waals surface area (Å²) in [4.78, 5) is 0. The topological polar surface area (TPSA) is 53.1 Å². The molecule has 0 atom stereocenters. The van der Waals surface area contributed by atoms with E-state index in [1.165, 1.54) is 6.07 Å². The second-order valence-electron chi connectivity index (χ2n) is 3.42. The van der Waals surface area contributed by atoms with E-state index in [2.05, 4.69) is 5.10 Å². The van der Waals surface area contributed by atoms with E-state index < -0.39 is 0 Å². The van der Waals surface area contributed by atoms with Crippen LogP contribution in [0, 0.1) is 5.82 Å². The van der Waals surface area contributed by atoms with E-state index >= 15 is 0 Å². The van der Waals surface area contributed by atoms with Crippen molar-refractivity contribution in [3.05, 3.63) is 41.8 Å². The zero-order chi connectivity index (χ0) is 11.5. The number of anilines is 1. The second-order valence-corrected chi connectivity index (χ2v) is 3.42. The molecule has 16 heavy (non-hydrogen) atoms. The molecule has 0 radical (unpaired) electrons. The lowest BCUT2D eigenvalue weighted by Gasteiger charge is -2.07. The fourth-order valence-electron chi connectivity index (χ4n) is 1.34. The van der Waals surface area contributed by atoms with E-state index in [-0.39, 0.29) is 12.4 Å². The molecular formula is C11H12FN3O. The first-order valence-corrected chi connectivity index (χ1v) is 4.82.